The van der Waals surface area contributed by atoms with E-state index in [1.54, 1.807) is 12.1 Å². The molecule has 114 valence electrons. The number of rotatable bonds is 8. The minimum absolute atomic E-state index is 0.159. The van der Waals surface area contributed by atoms with Crippen LogP contribution in [0.4, 0.5) is 0 Å². The first-order valence-corrected chi connectivity index (χ1v) is 8.23. The molecule has 0 aliphatic carbocycles. The minimum atomic E-state index is -3.54. The van der Waals surface area contributed by atoms with Crippen LogP contribution < -0.4 is 10.0 Å². The predicted molar refractivity (Wildman–Crippen MR) is 80.5 cm³/mol. The quantitative estimate of drug-likeness (QED) is 0.716. The van der Waals surface area contributed by atoms with E-state index < -0.39 is 10.0 Å². The van der Waals surface area contributed by atoms with Gasteiger partial charge in [-0.25, -0.2) is 13.1 Å². The number of ether oxygens (including phenoxy) is 1. The molecule has 0 aromatic heterocycles. The molecule has 0 saturated heterocycles. The van der Waals surface area contributed by atoms with Gasteiger partial charge in [0.15, 0.2) is 0 Å². The average Bonchev–Trinajstić information content (AvgIpc) is 2.37. The van der Waals surface area contributed by atoms with Gasteiger partial charge in [-0.1, -0.05) is 31.5 Å². The highest BCUT2D eigenvalue weighted by Crippen LogP contribution is 2.20. The summed E-state index contributed by atoms with van der Waals surface area (Å²) in [6, 6.07) is 5.08. The number of benzene rings is 1. The second-order valence-electron chi connectivity index (χ2n) is 4.68. The van der Waals surface area contributed by atoms with Crippen LogP contribution in [0.15, 0.2) is 23.1 Å². The molecule has 2 N–H and O–H groups in total. The molecule has 0 bridgehead atoms. The Morgan fingerprint density at radius 1 is 1.35 bits per heavy atom. The maximum atomic E-state index is 12.0. The predicted octanol–water partition coefficient (Wildman–Crippen LogP) is 1.76. The standard InChI is InChI=1S/C13H21ClN2O3S/c1-10(2)15-9-11-4-5-12(8-13(11)14)20(17,18)16-6-7-19-3/h4-5,8,10,15-16H,6-7,9H2,1-3H3. The summed E-state index contributed by atoms with van der Waals surface area (Å²) in [6.45, 7) is 5.23. The Balaban J connectivity index is 2.80. The zero-order valence-corrected chi connectivity index (χ0v) is 13.5. The van der Waals surface area contributed by atoms with E-state index >= 15 is 0 Å². The van der Waals surface area contributed by atoms with Gasteiger partial charge in [0.1, 0.15) is 0 Å². The molecule has 1 aromatic rings. The van der Waals surface area contributed by atoms with Crippen molar-refractivity contribution in [1.29, 1.82) is 0 Å². The van der Waals surface area contributed by atoms with Crippen LogP contribution in [0.5, 0.6) is 0 Å². The Hall–Kier alpha value is -0.660. The van der Waals surface area contributed by atoms with Crippen molar-refractivity contribution >= 4 is 21.6 Å². The highest BCUT2D eigenvalue weighted by Gasteiger charge is 2.15. The topological polar surface area (TPSA) is 67.4 Å². The molecule has 0 heterocycles. The number of methoxy groups -OCH3 is 1. The second kappa shape index (κ2) is 7.95. The molecule has 20 heavy (non-hydrogen) atoms. The van der Waals surface area contributed by atoms with Gasteiger partial charge in [-0.15, -0.1) is 0 Å². The Bertz CT molecular complexity index is 532. The van der Waals surface area contributed by atoms with Gasteiger partial charge in [-0.05, 0) is 17.7 Å². The van der Waals surface area contributed by atoms with Crippen LogP contribution in [0, 0.1) is 0 Å². The first kappa shape index (κ1) is 17.4. The molecule has 0 fully saturated rings. The summed E-state index contributed by atoms with van der Waals surface area (Å²) < 4.78 is 31.2. The van der Waals surface area contributed by atoms with Gasteiger partial charge in [-0.3, -0.25) is 0 Å². The van der Waals surface area contributed by atoms with Gasteiger partial charge < -0.3 is 10.1 Å². The van der Waals surface area contributed by atoms with Gasteiger partial charge in [-0.2, -0.15) is 0 Å². The van der Waals surface area contributed by atoms with Crippen LogP contribution >= 0.6 is 11.6 Å². The van der Waals surface area contributed by atoms with Crippen LogP contribution in [0.25, 0.3) is 0 Å². The number of hydrogen-bond donors (Lipinski definition) is 2. The molecule has 0 aliphatic heterocycles. The normalized spacial score (nSPS) is 12.1. The monoisotopic (exact) mass is 320 g/mol. The first-order chi connectivity index (χ1) is 9.36. The second-order valence-corrected chi connectivity index (χ2v) is 6.85. The van der Waals surface area contributed by atoms with Crippen LogP contribution in [0.2, 0.25) is 5.02 Å². The number of halogens is 1. The number of nitrogens with one attached hydrogen (secondary N) is 2. The van der Waals surface area contributed by atoms with E-state index in [1.165, 1.54) is 13.2 Å². The highest BCUT2D eigenvalue weighted by molar-refractivity contribution is 7.89. The molecule has 0 amide bonds. The van der Waals surface area contributed by atoms with Crippen molar-refractivity contribution in [1.82, 2.24) is 10.0 Å². The molecule has 1 rings (SSSR count). The van der Waals surface area contributed by atoms with Crippen molar-refractivity contribution in [3.8, 4) is 0 Å². The van der Waals surface area contributed by atoms with Gasteiger partial charge >= 0.3 is 0 Å². The molecule has 0 spiro atoms. The molecule has 5 nitrogen and oxygen atoms in total. The van der Waals surface area contributed by atoms with E-state index in [0.717, 1.165) is 5.56 Å². The van der Waals surface area contributed by atoms with Crippen LogP contribution in [-0.2, 0) is 21.3 Å². The Kier molecular flexibility index (Phi) is 6.91. The smallest absolute Gasteiger partial charge is 0.240 e. The third-order valence-electron chi connectivity index (χ3n) is 2.63. The van der Waals surface area contributed by atoms with E-state index in [0.29, 0.717) is 24.2 Å². The zero-order valence-electron chi connectivity index (χ0n) is 11.9. The SMILES string of the molecule is COCCNS(=O)(=O)c1ccc(CNC(C)C)c(Cl)c1. The fourth-order valence-corrected chi connectivity index (χ4v) is 2.87. The zero-order chi connectivity index (χ0) is 15.2. The van der Waals surface area contributed by atoms with Crippen molar-refractivity contribution in [2.45, 2.75) is 31.3 Å². The lowest BCUT2D eigenvalue weighted by Gasteiger charge is -2.11. The van der Waals surface area contributed by atoms with E-state index in [4.69, 9.17) is 16.3 Å². The maximum absolute atomic E-state index is 12.0. The Labute approximate surface area is 125 Å². The fraction of sp³-hybridized carbons (Fsp3) is 0.538. The summed E-state index contributed by atoms with van der Waals surface area (Å²) >= 11 is 6.12. The van der Waals surface area contributed by atoms with Gasteiger partial charge in [0, 0.05) is 31.3 Å². The van der Waals surface area contributed by atoms with Crippen molar-refractivity contribution in [3.05, 3.63) is 28.8 Å². The Morgan fingerprint density at radius 2 is 2.05 bits per heavy atom. The summed E-state index contributed by atoms with van der Waals surface area (Å²) in [7, 11) is -2.02. The van der Waals surface area contributed by atoms with E-state index in [9.17, 15) is 8.42 Å². The number of sulfonamides is 1. The fourth-order valence-electron chi connectivity index (χ4n) is 1.51. The molecule has 1 aromatic carbocycles. The van der Waals surface area contributed by atoms with E-state index in [1.807, 2.05) is 13.8 Å². The first-order valence-electron chi connectivity index (χ1n) is 6.37. The van der Waals surface area contributed by atoms with Gasteiger partial charge in [0.05, 0.1) is 11.5 Å². The van der Waals surface area contributed by atoms with Crippen molar-refractivity contribution < 1.29 is 13.2 Å². The largest absolute Gasteiger partial charge is 0.383 e. The summed E-state index contributed by atoms with van der Waals surface area (Å²) in [4.78, 5) is 0.159. The number of hydrogen-bond acceptors (Lipinski definition) is 4. The molecule has 7 heteroatoms. The van der Waals surface area contributed by atoms with E-state index in [2.05, 4.69) is 10.0 Å². The molecule has 0 radical (unpaired) electrons. The summed E-state index contributed by atoms with van der Waals surface area (Å²) in [5.74, 6) is 0. The molecule has 0 unspecified atom stereocenters. The van der Waals surface area contributed by atoms with Crippen LogP contribution in [0.3, 0.4) is 0 Å². The average molecular weight is 321 g/mol. The van der Waals surface area contributed by atoms with Crippen molar-refractivity contribution in [3.63, 3.8) is 0 Å². The summed E-state index contributed by atoms with van der Waals surface area (Å²) in [5, 5.41) is 3.67. The summed E-state index contributed by atoms with van der Waals surface area (Å²) in [6.07, 6.45) is 0. The third kappa shape index (κ3) is 5.38. The molecule has 0 atom stereocenters. The molecular formula is C13H21ClN2O3S. The van der Waals surface area contributed by atoms with Crippen LogP contribution in [0.1, 0.15) is 19.4 Å². The Morgan fingerprint density at radius 3 is 2.60 bits per heavy atom. The maximum Gasteiger partial charge on any atom is 0.240 e. The highest BCUT2D eigenvalue weighted by atomic mass is 35.5. The summed E-state index contributed by atoms with van der Waals surface area (Å²) in [5.41, 5.74) is 0.871. The minimum Gasteiger partial charge on any atom is -0.383 e. The lowest BCUT2D eigenvalue weighted by atomic mass is 10.2. The van der Waals surface area contributed by atoms with Crippen LogP contribution in [-0.4, -0.2) is 34.7 Å². The van der Waals surface area contributed by atoms with Crippen molar-refractivity contribution in [2.75, 3.05) is 20.3 Å². The molecular weight excluding hydrogens is 300 g/mol. The van der Waals surface area contributed by atoms with Gasteiger partial charge in [0.2, 0.25) is 10.0 Å². The third-order valence-corrected chi connectivity index (χ3v) is 4.44. The lowest BCUT2D eigenvalue weighted by molar-refractivity contribution is 0.204. The van der Waals surface area contributed by atoms with Gasteiger partial charge in [0.25, 0.3) is 0 Å². The molecule has 0 saturated carbocycles. The molecule has 0 aliphatic rings. The van der Waals surface area contributed by atoms with E-state index in [-0.39, 0.29) is 11.4 Å². The lowest BCUT2D eigenvalue weighted by Crippen LogP contribution is -2.27. The van der Waals surface area contributed by atoms with Crippen molar-refractivity contribution in [2.24, 2.45) is 0 Å².